The van der Waals surface area contributed by atoms with Crippen molar-refractivity contribution in [1.29, 1.82) is 0 Å². The van der Waals surface area contributed by atoms with Gasteiger partial charge in [0.05, 0.1) is 17.2 Å². The summed E-state index contributed by atoms with van der Waals surface area (Å²) in [7, 11) is 0. The Bertz CT molecular complexity index is 483. The van der Waals surface area contributed by atoms with E-state index in [1.807, 2.05) is 0 Å². The molecule has 1 N–H and O–H groups in total. The van der Waals surface area contributed by atoms with Gasteiger partial charge in [0.2, 0.25) is 0 Å². The van der Waals surface area contributed by atoms with Crippen molar-refractivity contribution in [3.8, 4) is 0 Å². The summed E-state index contributed by atoms with van der Waals surface area (Å²) in [5.41, 5.74) is -1.49. The number of benzene rings is 1. The van der Waals surface area contributed by atoms with Gasteiger partial charge in [-0.3, -0.25) is 9.59 Å². The normalized spacial score (nSPS) is 12.9. The van der Waals surface area contributed by atoms with Crippen molar-refractivity contribution in [2.24, 2.45) is 0 Å². The molecule has 0 saturated heterocycles. The van der Waals surface area contributed by atoms with Gasteiger partial charge in [0.25, 0.3) is 5.91 Å². The monoisotopic (exact) mass is 273 g/mol. The standard InChI is InChI=1S/C13H14F3NO2/c1-3-11(18)8(2)17-12(19)9-6-4-5-7-10(9)13(14,15)16/h4-8H,3H2,1-2H3,(H,17,19). The van der Waals surface area contributed by atoms with E-state index in [2.05, 4.69) is 5.32 Å². The van der Waals surface area contributed by atoms with Crippen molar-refractivity contribution in [3.05, 3.63) is 35.4 Å². The van der Waals surface area contributed by atoms with E-state index >= 15 is 0 Å². The van der Waals surface area contributed by atoms with Crippen LogP contribution in [0.1, 0.15) is 36.2 Å². The molecule has 0 saturated carbocycles. The number of amides is 1. The van der Waals surface area contributed by atoms with Crippen molar-refractivity contribution in [1.82, 2.24) is 5.32 Å². The molecule has 0 aliphatic carbocycles. The minimum Gasteiger partial charge on any atom is -0.343 e. The Kier molecular flexibility index (Phi) is 4.69. The van der Waals surface area contributed by atoms with Crippen LogP contribution in [0.4, 0.5) is 13.2 Å². The third-order valence-electron chi connectivity index (χ3n) is 2.66. The highest BCUT2D eigenvalue weighted by Crippen LogP contribution is 2.31. The third kappa shape index (κ3) is 3.81. The average Bonchev–Trinajstić information content (AvgIpc) is 2.36. The summed E-state index contributed by atoms with van der Waals surface area (Å²) in [5, 5.41) is 2.27. The Hall–Kier alpha value is -1.85. The molecule has 1 aromatic carbocycles. The molecule has 3 nitrogen and oxygen atoms in total. The van der Waals surface area contributed by atoms with Gasteiger partial charge >= 0.3 is 6.18 Å². The Morgan fingerprint density at radius 2 is 1.84 bits per heavy atom. The van der Waals surface area contributed by atoms with Crippen molar-refractivity contribution in [2.45, 2.75) is 32.5 Å². The highest BCUT2D eigenvalue weighted by atomic mass is 19.4. The highest BCUT2D eigenvalue weighted by molar-refractivity contribution is 5.99. The molecule has 0 aliphatic rings. The van der Waals surface area contributed by atoms with E-state index in [0.29, 0.717) is 0 Å². The molecule has 0 heterocycles. The van der Waals surface area contributed by atoms with Gasteiger partial charge in [0.1, 0.15) is 0 Å². The average molecular weight is 273 g/mol. The first kappa shape index (κ1) is 15.2. The van der Waals surface area contributed by atoms with Crippen LogP contribution in [0.3, 0.4) is 0 Å². The van der Waals surface area contributed by atoms with Crippen LogP contribution in [0.2, 0.25) is 0 Å². The molecule has 6 heteroatoms. The van der Waals surface area contributed by atoms with Crippen molar-refractivity contribution in [2.75, 3.05) is 0 Å². The Balaban J connectivity index is 2.98. The number of carbonyl (C=O) groups excluding carboxylic acids is 2. The number of ketones is 1. The number of rotatable bonds is 4. The number of hydrogen-bond acceptors (Lipinski definition) is 2. The van der Waals surface area contributed by atoms with Gasteiger partial charge in [-0.05, 0) is 19.1 Å². The minimum atomic E-state index is -4.61. The first-order chi connectivity index (χ1) is 8.77. The van der Waals surface area contributed by atoms with Crippen molar-refractivity contribution >= 4 is 11.7 Å². The van der Waals surface area contributed by atoms with Crippen LogP contribution >= 0.6 is 0 Å². The molecule has 1 aromatic rings. The van der Waals surface area contributed by atoms with Crippen molar-refractivity contribution in [3.63, 3.8) is 0 Å². The first-order valence-corrected chi connectivity index (χ1v) is 5.77. The summed E-state index contributed by atoms with van der Waals surface area (Å²) in [4.78, 5) is 23.1. The smallest absolute Gasteiger partial charge is 0.343 e. The Morgan fingerprint density at radius 1 is 1.26 bits per heavy atom. The van der Waals surface area contributed by atoms with E-state index in [9.17, 15) is 22.8 Å². The molecule has 1 unspecified atom stereocenters. The number of nitrogens with one attached hydrogen (secondary N) is 1. The van der Waals surface area contributed by atoms with Gasteiger partial charge in [0.15, 0.2) is 5.78 Å². The van der Waals surface area contributed by atoms with Gasteiger partial charge in [-0.1, -0.05) is 19.1 Å². The highest BCUT2D eigenvalue weighted by Gasteiger charge is 2.35. The molecule has 104 valence electrons. The summed E-state index contributed by atoms with van der Waals surface area (Å²) in [6.45, 7) is 3.06. The topological polar surface area (TPSA) is 46.2 Å². The van der Waals surface area contributed by atoms with Gasteiger partial charge in [-0.25, -0.2) is 0 Å². The number of Topliss-reactive ketones (excluding diaryl/α,β-unsaturated/α-hetero) is 1. The molecule has 1 amide bonds. The Labute approximate surface area is 108 Å². The van der Waals surface area contributed by atoms with Crippen LogP contribution < -0.4 is 5.32 Å². The summed E-state index contributed by atoms with van der Waals surface area (Å²) in [6, 6.07) is 3.66. The summed E-state index contributed by atoms with van der Waals surface area (Å²) in [6.07, 6.45) is -4.39. The molecular formula is C13H14F3NO2. The third-order valence-corrected chi connectivity index (χ3v) is 2.66. The van der Waals surface area contributed by atoms with Crippen molar-refractivity contribution < 1.29 is 22.8 Å². The quantitative estimate of drug-likeness (QED) is 0.916. The predicted molar refractivity (Wildman–Crippen MR) is 63.7 cm³/mol. The van der Waals surface area contributed by atoms with E-state index in [0.717, 1.165) is 12.1 Å². The fourth-order valence-electron chi connectivity index (χ4n) is 1.59. The first-order valence-electron chi connectivity index (χ1n) is 5.77. The van der Waals surface area contributed by atoms with Gasteiger partial charge < -0.3 is 5.32 Å². The summed E-state index contributed by atoms with van der Waals surface area (Å²) >= 11 is 0. The number of hydrogen-bond donors (Lipinski definition) is 1. The fourth-order valence-corrected chi connectivity index (χ4v) is 1.59. The van der Waals surface area contributed by atoms with E-state index in [1.54, 1.807) is 6.92 Å². The maximum Gasteiger partial charge on any atom is 0.417 e. The molecule has 0 fully saturated rings. The molecule has 19 heavy (non-hydrogen) atoms. The molecule has 0 spiro atoms. The van der Waals surface area contributed by atoms with E-state index < -0.39 is 29.3 Å². The molecule has 0 aromatic heterocycles. The maximum absolute atomic E-state index is 12.7. The lowest BCUT2D eigenvalue weighted by Crippen LogP contribution is -2.39. The zero-order valence-corrected chi connectivity index (χ0v) is 10.5. The van der Waals surface area contributed by atoms with E-state index in [4.69, 9.17) is 0 Å². The zero-order chi connectivity index (χ0) is 14.6. The fraction of sp³-hybridized carbons (Fsp3) is 0.385. The second-order valence-electron chi connectivity index (χ2n) is 4.06. The molecular weight excluding hydrogens is 259 g/mol. The van der Waals surface area contributed by atoms with Crippen LogP contribution in [-0.2, 0) is 11.0 Å². The lowest BCUT2D eigenvalue weighted by Gasteiger charge is -2.15. The van der Waals surface area contributed by atoms with E-state index in [-0.39, 0.29) is 12.2 Å². The predicted octanol–water partition coefficient (Wildman–Crippen LogP) is 2.80. The zero-order valence-electron chi connectivity index (χ0n) is 10.5. The minimum absolute atomic E-state index is 0.211. The van der Waals surface area contributed by atoms with E-state index in [1.165, 1.54) is 19.1 Å². The molecule has 1 atom stereocenters. The van der Waals surface area contributed by atoms with Crippen LogP contribution in [0.15, 0.2) is 24.3 Å². The second-order valence-corrected chi connectivity index (χ2v) is 4.06. The molecule has 0 aliphatic heterocycles. The summed E-state index contributed by atoms with van der Waals surface area (Å²) < 4.78 is 38.2. The number of alkyl halides is 3. The van der Waals surface area contributed by atoms with Crippen LogP contribution in [0.5, 0.6) is 0 Å². The lowest BCUT2D eigenvalue weighted by molar-refractivity contribution is -0.137. The van der Waals surface area contributed by atoms with Gasteiger partial charge in [-0.15, -0.1) is 0 Å². The SMILES string of the molecule is CCC(=O)C(C)NC(=O)c1ccccc1C(F)(F)F. The lowest BCUT2D eigenvalue weighted by atomic mass is 10.1. The van der Waals surface area contributed by atoms with Crippen LogP contribution in [-0.4, -0.2) is 17.7 Å². The second kappa shape index (κ2) is 5.86. The number of halogens is 3. The largest absolute Gasteiger partial charge is 0.417 e. The van der Waals surface area contributed by atoms with Gasteiger partial charge in [0, 0.05) is 6.42 Å². The maximum atomic E-state index is 12.7. The van der Waals surface area contributed by atoms with Crippen LogP contribution in [0.25, 0.3) is 0 Å². The Morgan fingerprint density at radius 3 is 2.37 bits per heavy atom. The van der Waals surface area contributed by atoms with Gasteiger partial charge in [-0.2, -0.15) is 13.2 Å². The molecule has 1 rings (SSSR count). The molecule has 0 bridgehead atoms. The number of carbonyl (C=O) groups is 2. The van der Waals surface area contributed by atoms with Crippen LogP contribution in [0, 0.1) is 0 Å². The summed E-state index contributed by atoms with van der Waals surface area (Å²) in [5.74, 6) is -1.14. The molecule has 0 radical (unpaired) electrons.